The van der Waals surface area contributed by atoms with Gasteiger partial charge in [-0.2, -0.15) is 0 Å². The van der Waals surface area contributed by atoms with Crippen LogP contribution in [0.2, 0.25) is 0 Å². The average Bonchev–Trinajstić information content (AvgIpc) is 2.79. The third-order valence-electron chi connectivity index (χ3n) is 4.15. The van der Waals surface area contributed by atoms with Gasteiger partial charge < -0.3 is 5.11 Å². The Morgan fingerprint density at radius 3 is 2.32 bits per heavy atom. The maximum absolute atomic E-state index is 12.2. The molecular weight excluding hydrogens is 246 g/mol. The van der Waals surface area contributed by atoms with E-state index in [0.717, 1.165) is 4.90 Å². The summed E-state index contributed by atoms with van der Waals surface area (Å²) in [4.78, 5) is 36.5. The minimum Gasteiger partial charge on any atom is -0.478 e. The van der Waals surface area contributed by atoms with Crippen LogP contribution in [0.25, 0.3) is 0 Å². The number of anilines is 1. The van der Waals surface area contributed by atoms with Crippen molar-refractivity contribution in [3.05, 3.63) is 29.8 Å². The van der Waals surface area contributed by atoms with E-state index in [1.807, 2.05) is 13.8 Å². The molecule has 1 aromatic rings. The zero-order valence-electron chi connectivity index (χ0n) is 10.6. The van der Waals surface area contributed by atoms with E-state index in [-0.39, 0.29) is 34.6 Å². The van der Waals surface area contributed by atoms with Gasteiger partial charge in [0.2, 0.25) is 11.8 Å². The number of carboxylic acids is 1. The van der Waals surface area contributed by atoms with Gasteiger partial charge >= 0.3 is 5.97 Å². The number of fused-ring (bicyclic) bond motifs is 1. The van der Waals surface area contributed by atoms with Crippen LogP contribution in [-0.2, 0) is 9.59 Å². The van der Waals surface area contributed by atoms with E-state index in [1.54, 1.807) is 6.07 Å². The van der Waals surface area contributed by atoms with E-state index < -0.39 is 5.97 Å². The molecule has 5 heteroatoms. The van der Waals surface area contributed by atoms with Crippen LogP contribution in [-0.4, -0.2) is 22.9 Å². The monoisotopic (exact) mass is 259 g/mol. The first-order chi connectivity index (χ1) is 8.85. The Kier molecular flexibility index (Phi) is 2.15. The van der Waals surface area contributed by atoms with Crippen LogP contribution in [0.1, 0.15) is 24.2 Å². The molecule has 0 spiro atoms. The quantitative estimate of drug-likeness (QED) is 0.817. The molecule has 2 aliphatic rings. The van der Waals surface area contributed by atoms with Crippen molar-refractivity contribution in [2.45, 2.75) is 13.8 Å². The third kappa shape index (κ3) is 1.44. The fourth-order valence-corrected chi connectivity index (χ4v) is 2.98. The van der Waals surface area contributed by atoms with E-state index in [2.05, 4.69) is 0 Å². The second kappa shape index (κ2) is 3.44. The Labute approximate surface area is 109 Å². The molecule has 19 heavy (non-hydrogen) atoms. The smallest absolute Gasteiger partial charge is 0.335 e. The van der Waals surface area contributed by atoms with Crippen LogP contribution >= 0.6 is 0 Å². The standard InChI is InChI=1S/C14H13NO4/c1-14(2)9-10(14)12(17)15(11(9)16)8-5-3-4-7(6-8)13(18)19/h3-6,9-10H,1-2H3,(H,18,19)/t9-,10-/m1/s1. The number of benzene rings is 1. The third-order valence-corrected chi connectivity index (χ3v) is 4.15. The molecule has 1 saturated carbocycles. The van der Waals surface area contributed by atoms with Crippen molar-refractivity contribution in [2.24, 2.45) is 17.3 Å². The number of aromatic carboxylic acids is 1. The summed E-state index contributed by atoms with van der Waals surface area (Å²) in [5, 5.41) is 8.94. The Balaban J connectivity index is 1.97. The zero-order valence-corrected chi connectivity index (χ0v) is 10.6. The lowest BCUT2D eigenvalue weighted by atomic mass is 10.0. The Morgan fingerprint density at radius 1 is 1.21 bits per heavy atom. The van der Waals surface area contributed by atoms with Gasteiger partial charge in [0, 0.05) is 0 Å². The molecule has 0 unspecified atom stereocenters. The average molecular weight is 259 g/mol. The number of imide groups is 1. The molecule has 2 amide bonds. The highest BCUT2D eigenvalue weighted by atomic mass is 16.4. The number of piperidine rings is 1. The van der Waals surface area contributed by atoms with Gasteiger partial charge in [-0.15, -0.1) is 0 Å². The van der Waals surface area contributed by atoms with E-state index in [9.17, 15) is 14.4 Å². The summed E-state index contributed by atoms with van der Waals surface area (Å²) in [5.74, 6) is -2.03. The summed E-state index contributed by atoms with van der Waals surface area (Å²) in [7, 11) is 0. The van der Waals surface area contributed by atoms with Gasteiger partial charge in [0.05, 0.1) is 23.1 Å². The van der Waals surface area contributed by atoms with Gasteiger partial charge in [-0.25, -0.2) is 9.69 Å². The molecule has 1 saturated heterocycles. The van der Waals surface area contributed by atoms with Crippen LogP contribution in [0, 0.1) is 17.3 Å². The van der Waals surface area contributed by atoms with Crippen LogP contribution < -0.4 is 4.90 Å². The van der Waals surface area contributed by atoms with Crippen molar-refractivity contribution in [1.29, 1.82) is 0 Å². The Bertz CT molecular complexity index is 596. The lowest BCUT2D eigenvalue weighted by Crippen LogP contribution is -2.36. The van der Waals surface area contributed by atoms with Crippen molar-refractivity contribution in [3.63, 3.8) is 0 Å². The van der Waals surface area contributed by atoms with Crippen LogP contribution in [0.3, 0.4) is 0 Å². The maximum Gasteiger partial charge on any atom is 0.335 e. The Morgan fingerprint density at radius 2 is 1.79 bits per heavy atom. The van der Waals surface area contributed by atoms with Gasteiger partial charge in [0.15, 0.2) is 0 Å². The van der Waals surface area contributed by atoms with E-state index in [1.165, 1.54) is 18.2 Å². The van der Waals surface area contributed by atoms with Crippen LogP contribution in [0.15, 0.2) is 24.3 Å². The second-order valence-corrected chi connectivity index (χ2v) is 5.64. The topological polar surface area (TPSA) is 74.7 Å². The highest BCUT2D eigenvalue weighted by Gasteiger charge is 2.72. The maximum atomic E-state index is 12.2. The second-order valence-electron chi connectivity index (χ2n) is 5.64. The predicted molar refractivity (Wildman–Crippen MR) is 66.7 cm³/mol. The van der Waals surface area contributed by atoms with Crippen molar-refractivity contribution in [2.75, 3.05) is 4.90 Å². The Hall–Kier alpha value is -2.17. The highest BCUT2D eigenvalue weighted by molar-refractivity contribution is 6.25. The van der Waals surface area contributed by atoms with Gasteiger partial charge in [-0.3, -0.25) is 9.59 Å². The van der Waals surface area contributed by atoms with Gasteiger partial charge in [-0.05, 0) is 23.6 Å². The molecule has 1 aliphatic heterocycles. The van der Waals surface area contributed by atoms with E-state index >= 15 is 0 Å². The SMILES string of the molecule is CC1(C)[C@H]2C(=O)N(c3cccc(C(=O)O)c3)C(=O)[C@@H]21. The molecule has 5 nitrogen and oxygen atoms in total. The summed E-state index contributed by atoms with van der Waals surface area (Å²) in [5.41, 5.74) is 0.158. The highest BCUT2D eigenvalue weighted by Crippen LogP contribution is 2.63. The molecule has 3 rings (SSSR count). The predicted octanol–water partition coefficient (Wildman–Crippen LogP) is 1.53. The number of amides is 2. The number of hydrogen-bond acceptors (Lipinski definition) is 3. The van der Waals surface area contributed by atoms with Crippen molar-refractivity contribution in [3.8, 4) is 0 Å². The largest absolute Gasteiger partial charge is 0.478 e. The van der Waals surface area contributed by atoms with Gasteiger partial charge in [0.1, 0.15) is 0 Å². The molecule has 98 valence electrons. The number of rotatable bonds is 2. The molecule has 1 aromatic carbocycles. The van der Waals surface area contributed by atoms with Crippen molar-refractivity contribution in [1.82, 2.24) is 0 Å². The number of nitrogens with zero attached hydrogens (tertiary/aromatic N) is 1. The summed E-state index contributed by atoms with van der Waals surface area (Å²) < 4.78 is 0. The molecule has 1 aliphatic carbocycles. The summed E-state index contributed by atoms with van der Waals surface area (Å²) in [6.07, 6.45) is 0. The normalized spacial score (nSPS) is 27.4. The first-order valence-electron chi connectivity index (χ1n) is 6.07. The number of carbonyl (C=O) groups is 3. The van der Waals surface area contributed by atoms with E-state index in [0.29, 0.717) is 5.69 Å². The molecule has 2 fully saturated rings. The fourth-order valence-electron chi connectivity index (χ4n) is 2.98. The fraction of sp³-hybridized carbons (Fsp3) is 0.357. The van der Waals surface area contributed by atoms with Crippen LogP contribution in [0.5, 0.6) is 0 Å². The lowest BCUT2D eigenvalue weighted by molar-refractivity contribution is -0.125. The molecule has 0 aromatic heterocycles. The number of carboxylic acid groups (broad SMARTS) is 1. The minimum absolute atomic E-state index is 0.0675. The molecular formula is C14H13NO4. The van der Waals surface area contributed by atoms with Crippen LogP contribution in [0.4, 0.5) is 5.69 Å². The summed E-state index contributed by atoms with van der Waals surface area (Å²) in [6, 6.07) is 5.91. The summed E-state index contributed by atoms with van der Waals surface area (Å²) in [6.45, 7) is 3.81. The van der Waals surface area contributed by atoms with E-state index in [4.69, 9.17) is 5.11 Å². The van der Waals surface area contributed by atoms with Gasteiger partial charge in [-0.1, -0.05) is 19.9 Å². The van der Waals surface area contributed by atoms with Crippen molar-refractivity contribution >= 4 is 23.5 Å². The minimum atomic E-state index is -1.08. The zero-order chi connectivity index (χ0) is 13.9. The molecule has 0 radical (unpaired) electrons. The van der Waals surface area contributed by atoms with Crippen molar-refractivity contribution < 1.29 is 19.5 Å². The molecule has 1 N–H and O–H groups in total. The molecule has 0 bridgehead atoms. The molecule has 2 atom stereocenters. The van der Waals surface area contributed by atoms with Gasteiger partial charge in [0.25, 0.3) is 0 Å². The number of hydrogen-bond donors (Lipinski definition) is 1. The first-order valence-corrected chi connectivity index (χ1v) is 6.07. The molecule has 1 heterocycles. The summed E-state index contributed by atoms with van der Waals surface area (Å²) >= 11 is 0. The first kappa shape index (κ1) is 11.9. The lowest BCUT2D eigenvalue weighted by Gasteiger charge is -2.20. The number of carbonyl (C=O) groups excluding carboxylic acids is 2.